The van der Waals surface area contributed by atoms with Gasteiger partial charge in [-0.15, -0.1) is 0 Å². The number of esters is 1. The lowest BCUT2D eigenvalue weighted by Crippen LogP contribution is -2.29. The monoisotopic (exact) mass is 291 g/mol. The van der Waals surface area contributed by atoms with Crippen molar-refractivity contribution in [2.24, 2.45) is 5.92 Å². The van der Waals surface area contributed by atoms with E-state index < -0.39 is 0 Å². The number of ether oxygens (including phenoxy) is 1. The number of pyridine rings is 1. The second-order valence-corrected chi connectivity index (χ2v) is 5.96. The summed E-state index contributed by atoms with van der Waals surface area (Å²) in [6, 6.07) is 1.74. The van der Waals surface area contributed by atoms with Gasteiger partial charge in [-0.05, 0) is 45.1 Å². The molecule has 0 aliphatic heterocycles. The van der Waals surface area contributed by atoms with Crippen molar-refractivity contribution in [1.29, 1.82) is 0 Å². The highest BCUT2D eigenvalue weighted by Crippen LogP contribution is 2.38. The van der Waals surface area contributed by atoms with Gasteiger partial charge >= 0.3 is 5.97 Å². The van der Waals surface area contributed by atoms with E-state index in [1.54, 1.807) is 24.5 Å². The first-order valence-electron chi connectivity index (χ1n) is 7.89. The summed E-state index contributed by atoms with van der Waals surface area (Å²) in [5.74, 6) is 0.413. The third-order valence-corrected chi connectivity index (χ3v) is 4.31. The molecule has 1 atom stereocenters. The number of nitrogens with zero attached hydrogens (tertiary/aromatic N) is 1. The van der Waals surface area contributed by atoms with Crippen LogP contribution in [0.4, 0.5) is 0 Å². The minimum Gasteiger partial charge on any atom is -0.462 e. The van der Waals surface area contributed by atoms with Crippen molar-refractivity contribution in [3.63, 3.8) is 0 Å². The topological polar surface area (TPSA) is 48.3 Å². The van der Waals surface area contributed by atoms with E-state index in [-0.39, 0.29) is 17.6 Å². The van der Waals surface area contributed by atoms with Crippen molar-refractivity contribution >= 4 is 5.97 Å². The van der Waals surface area contributed by atoms with Crippen LogP contribution in [0.2, 0.25) is 0 Å². The van der Waals surface area contributed by atoms with E-state index >= 15 is 0 Å². The summed E-state index contributed by atoms with van der Waals surface area (Å²) in [7, 11) is 0. The van der Waals surface area contributed by atoms with Crippen molar-refractivity contribution in [2.45, 2.75) is 59.4 Å². The number of hydrogen-bond acceptors (Lipinski definition) is 3. The maximum atomic E-state index is 12.4. The molecule has 116 valence electrons. The first-order valence-corrected chi connectivity index (χ1v) is 7.89. The third-order valence-electron chi connectivity index (χ3n) is 4.31. The lowest BCUT2D eigenvalue weighted by molar-refractivity contribution is 0.0523. The lowest BCUT2D eigenvalue weighted by atomic mass is 10.0. The summed E-state index contributed by atoms with van der Waals surface area (Å²) in [5, 5.41) is 0. The predicted molar refractivity (Wildman–Crippen MR) is 82.8 cm³/mol. The van der Waals surface area contributed by atoms with Gasteiger partial charge in [0.2, 0.25) is 0 Å². The summed E-state index contributed by atoms with van der Waals surface area (Å²) in [6.45, 7) is 7.89. The second-order valence-electron chi connectivity index (χ2n) is 5.96. The van der Waals surface area contributed by atoms with E-state index in [0.29, 0.717) is 17.7 Å². The van der Waals surface area contributed by atoms with Crippen molar-refractivity contribution in [3.05, 3.63) is 33.2 Å². The van der Waals surface area contributed by atoms with Crippen LogP contribution in [0.5, 0.6) is 0 Å². The lowest BCUT2D eigenvalue weighted by Gasteiger charge is -2.23. The van der Waals surface area contributed by atoms with Gasteiger partial charge in [-0.3, -0.25) is 4.79 Å². The Morgan fingerprint density at radius 2 is 2.05 bits per heavy atom. The highest BCUT2D eigenvalue weighted by molar-refractivity contribution is 5.92. The number of carbonyl (C=O) groups excluding carboxylic acids is 1. The number of carbonyl (C=O) groups is 1. The molecule has 1 heterocycles. The van der Waals surface area contributed by atoms with Crippen molar-refractivity contribution in [2.75, 3.05) is 6.61 Å². The van der Waals surface area contributed by atoms with E-state index in [1.807, 2.05) is 6.92 Å². The molecule has 1 fully saturated rings. The maximum Gasteiger partial charge on any atom is 0.340 e. The molecule has 1 unspecified atom stereocenters. The molecular formula is C17H25NO3. The molecule has 0 bridgehead atoms. The fourth-order valence-corrected chi connectivity index (χ4v) is 3.06. The van der Waals surface area contributed by atoms with Crippen LogP contribution in [0.1, 0.15) is 67.2 Å². The van der Waals surface area contributed by atoms with Gasteiger partial charge in [0, 0.05) is 17.8 Å². The van der Waals surface area contributed by atoms with Crippen LogP contribution in [0, 0.1) is 19.8 Å². The third kappa shape index (κ3) is 3.36. The smallest absolute Gasteiger partial charge is 0.340 e. The van der Waals surface area contributed by atoms with E-state index in [2.05, 4.69) is 6.92 Å². The van der Waals surface area contributed by atoms with Crippen LogP contribution in [0.15, 0.2) is 10.9 Å². The van der Waals surface area contributed by atoms with Gasteiger partial charge in [-0.1, -0.05) is 19.8 Å². The van der Waals surface area contributed by atoms with Gasteiger partial charge in [0.1, 0.15) is 0 Å². The molecule has 0 saturated heterocycles. The number of hydrogen-bond donors (Lipinski definition) is 0. The van der Waals surface area contributed by atoms with Crippen LogP contribution in [0.25, 0.3) is 0 Å². The van der Waals surface area contributed by atoms with Gasteiger partial charge in [0.05, 0.1) is 12.2 Å². The fourth-order valence-electron chi connectivity index (χ4n) is 3.06. The van der Waals surface area contributed by atoms with Crippen LogP contribution in [-0.2, 0) is 4.74 Å². The Labute approximate surface area is 126 Å². The molecule has 21 heavy (non-hydrogen) atoms. The van der Waals surface area contributed by atoms with E-state index in [4.69, 9.17) is 4.74 Å². The van der Waals surface area contributed by atoms with Gasteiger partial charge in [0.25, 0.3) is 5.56 Å². The summed E-state index contributed by atoms with van der Waals surface area (Å²) in [4.78, 5) is 24.6. The molecule has 1 aromatic rings. The first kappa shape index (κ1) is 15.8. The van der Waals surface area contributed by atoms with Crippen molar-refractivity contribution < 1.29 is 9.53 Å². The highest BCUT2D eigenvalue weighted by atomic mass is 16.5. The zero-order valence-corrected chi connectivity index (χ0v) is 13.4. The second kappa shape index (κ2) is 6.46. The zero-order valence-electron chi connectivity index (χ0n) is 13.4. The molecule has 0 radical (unpaired) electrons. The molecule has 1 aliphatic rings. The minimum atomic E-state index is -0.331. The van der Waals surface area contributed by atoms with Gasteiger partial charge in [-0.2, -0.15) is 0 Å². The molecule has 4 nitrogen and oxygen atoms in total. The van der Waals surface area contributed by atoms with E-state index in [0.717, 1.165) is 24.5 Å². The molecular weight excluding hydrogens is 266 g/mol. The Kier molecular flexibility index (Phi) is 4.86. The van der Waals surface area contributed by atoms with Gasteiger partial charge in [-0.25, -0.2) is 4.79 Å². The summed E-state index contributed by atoms with van der Waals surface area (Å²) in [6.07, 6.45) is 4.47. The fraction of sp³-hybridized carbons (Fsp3) is 0.647. The number of aryl methyl sites for hydroxylation is 1. The van der Waals surface area contributed by atoms with Gasteiger partial charge in [0.15, 0.2) is 0 Å². The Bertz CT molecular complexity index is 584. The maximum absolute atomic E-state index is 12.4. The Morgan fingerprint density at radius 1 is 1.38 bits per heavy atom. The summed E-state index contributed by atoms with van der Waals surface area (Å²) < 4.78 is 6.94. The molecule has 0 aromatic carbocycles. The van der Waals surface area contributed by atoms with Crippen molar-refractivity contribution in [3.8, 4) is 0 Å². The van der Waals surface area contributed by atoms with E-state index in [1.165, 1.54) is 12.8 Å². The standard InChI is InChI=1S/C17H25NO3/c1-5-14(10-13-7-8-13)18-12(4)16(17(20)21-6-2)11(3)9-15(18)19/h9,13-14H,5-8,10H2,1-4H3. The average Bonchev–Trinajstić information content (AvgIpc) is 3.21. The van der Waals surface area contributed by atoms with Crippen LogP contribution < -0.4 is 5.56 Å². The van der Waals surface area contributed by atoms with Crippen LogP contribution >= 0.6 is 0 Å². The minimum absolute atomic E-state index is 0.00875. The molecule has 2 rings (SSSR count). The Balaban J connectivity index is 2.46. The molecule has 1 saturated carbocycles. The molecule has 0 amide bonds. The zero-order chi connectivity index (χ0) is 15.6. The molecule has 1 aliphatic carbocycles. The normalized spacial score (nSPS) is 15.8. The molecule has 0 N–H and O–H groups in total. The molecule has 0 spiro atoms. The average molecular weight is 291 g/mol. The number of aromatic nitrogens is 1. The first-order chi connectivity index (χ1) is 9.99. The summed E-state index contributed by atoms with van der Waals surface area (Å²) in [5.41, 5.74) is 1.98. The highest BCUT2D eigenvalue weighted by Gasteiger charge is 2.28. The molecule has 1 aromatic heterocycles. The Morgan fingerprint density at radius 3 is 2.57 bits per heavy atom. The quantitative estimate of drug-likeness (QED) is 0.755. The SMILES string of the molecule is CCOC(=O)c1c(C)cc(=O)n(C(CC)CC2CC2)c1C. The largest absolute Gasteiger partial charge is 0.462 e. The van der Waals surface area contributed by atoms with E-state index in [9.17, 15) is 9.59 Å². The number of rotatable bonds is 6. The van der Waals surface area contributed by atoms with Crippen molar-refractivity contribution in [1.82, 2.24) is 4.57 Å². The Hall–Kier alpha value is -1.58. The molecule has 4 heteroatoms. The summed E-state index contributed by atoms with van der Waals surface area (Å²) >= 11 is 0. The van der Waals surface area contributed by atoms with Crippen LogP contribution in [0.3, 0.4) is 0 Å². The predicted octanol–water partition coefficient (Wildman–Crippen LogP) is 3.39. The van der Waals surface area contributed by atoms with Gasteiger partial charge < -0.3 is 9.30 Å². The van der Waals surface area contributed by atoms with Crippen LogP contribution in [-0.4, -0.2) is 17.1 Å².